The van der Waals surface area contributed by atoms with Crippen LogP contribution in [0.15, 0.2) is 17.0 Å². The molecule has 1 aliphatic heterocycles. The molecule has 0 spiro atoms. The maximum Gasteiger partial charge on any atom is 0.244 e. The predicted octanol–water partition coefficient (Wildman–Crippen LogP) is 1.78. The molecule has 0 amide bonds. The van der Waals surface area contributed by atoms with Gasteiger partial charge in [0.15, 0.2) is 0 Å². The van der Waals surface area contributed by atoms with Gasteiger partial charge in [-0.2, -0.15) is 4.31 Å². The first-order valence-electron chi connectivity index (χ1n) is 6.75. The van der Waals surface area contributed by atoms with Crippen LogP contribution < -0.4 is 5.73 Å². The highest BCUT2D eigenvalue weighted by atomic mass is 35.5. The summed E-state index contributed by atoms with van der Waals surface area (Å²) >= 11 is 5.85. The van der Waals surface area contributed by atoms with Gasteiger partial charge >= 0.3 is 0 Å². The van der Waals surface area contributed by atoms with E-state index in [2.05, 4.69) is 4.90 Å². The Kier molecular flexibility index (Phi) is 5.08. The number of rotatable bonds is 5. The Morgan fingerprint density at radius 1 is 1.38 bits per heavy atom. The van der Waals surface area contributed by atoms with E-state index in [0.717, 1.165) is 38.1 Å². The second-order valence-corrected chi connectivity index (χ2v) is 7.60. The maximum atomic E-state index is 13.3. The van der Waals surface area contributed by atoms with E-state index in [1.807, 2.05) is 0 Å². The Balaban J connectivity index is 2.14. The van der Waals surface area contributed by atoms with Crippen LogP contribution in [0.2, 0.25) is 5.02 Å². The minimum absolute atomic E-state index is 0.158. The summed E-state index contributed by atoms with van der Waals surface area (Å²) in [6.07, 6.45) is 2.30. The van der Waals surface area contributed by atoms with E-state index >= 15 is 0 Å². The zero-order valence-corrected chi connectivity index (χ0v) is 13.4. The fraction of sp³-hybridized carbons (Fsp3) is 0.538. The van der Waals surface area contributed by atoms with E-state index in [1.54, 1.807) is 0 Å². The van der Waals surface area contributed by atoms with Gasteiger partial charge in [0.25, 0.3) is 0 Å². The SMILES string of the molecule is CN(CCN1CCCC1)S(=O)(=O)c1cc(N)c(F)cc1Cl. The summed E-state index contributed by atoms with van der Waals surface area (Å²) in [6, 6.07) is 2.00. The van der Waals surface area contributed by atoms with E-state index in [-0.39, 0.29) is 15.6 Å². The number of likely N-dealkylation sites (N-methyl/N-ethyl adjacent to an activating group) is 1. The van der Waals surface area contributed by atoms with Crippen LogP contribution in [0.25, 0.3) is 0 Å². The number of benzene rings is 1. The normalized spacial score (nSPS) is 16.8. The quantitative estimate of drug-likeness (QED) is 0.833. The van der Waals surface area contributed by atoms with E-state index in [9.17, 15) is 12.8 Å². The standard InChI is InChI=1S/C13H19ClFN3O2S/c1-17(6-7-18-4-2-3-5-18)21(19,20)13-9-12(16)11(15)8-10(13)14/h8-9H,2-7,16H2,1H3. The highest BCUT2D eigenvalue weighted by molar-refractivity contribution is 7.89. The average Bonchev–Trinajstić information content (AvgIpc) is 2.93. The van der Waals surface area contributed by atoms with Crippen LogP contribution in [0.4, 0.5) is 10.1 Å². The Labute approximate surface area is 129 Å². The number of nitrogen functional groups attached to an aromatic ring is 1. The molecule has 0 atom stereocenters. The summed E-state index contributed by atoms with van der Waals surface area (Å²) in [5.74, 6) is -0.723. The highest BCUT2D eigenvalue weighted by Gasteiger charge is 2.25. The molecule has 118 valence electrons. The molecular weight excluding hydrogens is 317 g/mol. The second kappa shape index (κ2) is 6.48. The van der Waals surface area contributed by atoms with Gasteiger partial charge in [-0.15, -0.1) is 0 Å². The van der Waals surface area contributed by atoms with Gasteiger partial charge in [-0.05, 0) is 38.1 Å². The summed E-state index contributed by atoms with van der Waals surface area (Å²) in [6.45, 7) is 3.02. The average molecular weight is 336 g/mol. The molecule has 1 fully saturated rings. The Morgan fingerprint density at radius 2 is 2.00 bits per heavy atom. The van der Waals surface area contributed by atoms with E-state index in [0.29, 0.717) is 13.1 Å². The lowest BCUT2D eigenvalue weighted by atomic mass is 10.3. The second-order valence-electron chi connectivity index (χ2n) is 5.18. The monoisotopic (exact) mass is 335 g/mol. The van der Waals surface area contributed by atoms with Gasteiger partial charge in [-0.3, -0.25) is 0 Å². The molecule has 2 N–H and O–H groups in total. The number of nitrogens with zero attached hydrogens (tertiary/aromatic N) is 2. The lowest BCUT2D eigenvalue weighted by Gasteiger charge is -2.21. The van der Waals surface area contributed by atoms with E-state index in [1.165, 1.54) is 11.4 Å². The molecule has 2 rings (SSSR count). The van der Waals surface area contributed by atoms with Crippen molar-refractivity contribution in [3.63, 3.8) is 0 Å². The van der Waals surface area contributed by atoms with Gasteiger partial charge in [0, 0.05) is 20.1 Å². The van der Waals surface area contributed by atoms with Crippen molar-refractivity contribution in [3.05, 3.63) is 23.0 Å². The molecule has 8 heteroatoms. The van der Waals surface area contributed by atoms with Crippen molar-refractivity contribution in [1.82, 2.24) is 9.21 Å². The summed E-state index contributed by atoms with van der Waals surface area (Å²) < 4.78 is 39.4. The van der Waals surface area contributed by atoms with Crippen LogP contribution in [0.5, 0.6) is 0 Å². The number of hydrogen-bond acceptors (Lipinski definition) is 4. The number of halogens is 2. The third-order valence-corrected chi connectivity index (χ3v) is 5.99. The number of sulfonamides is 1. The van der Waals surface area contributed by atoms with Crippen molar-refractivity contribution in [2.24, 2.45) is 0 Å². The van der Waals surface area contributed by atoms with Crippen molar-refractivity contribution in [3.8, 4) is 0 Å². The van der Waals surface area contributed by atoms with Crippen molar-refractivity contribution in [1.29, 1.82) is 0 Å². The number of anilines is 1. The Hall–Kier alpha value is -0.890. The third kappa shape index (κ3) is 3.66. The van der Waals surface area contributed by atoms with Gasteiger partial charge in [-0.1, -0.05) is 11.6 Å². The molecule has 0 radical (unpaired) electrons. The van der Waals surface area contributed by atoms with E-state index < -0.39 is 15.8 Å². The summed E-state index contributed by atoms with van der Waals surface area (Å²) in [5.41, 5.74) is 5.20. The molecule has 1 aliphatic rings. The lowest BCUT2D eigenvalue weighted by molar-refractivity contribution is 0.310. The smallest absolute Gasteiger partial charge is 0.244 e. The maximum absolute atomic E-state index is 13.3. The molecular formula is C13H19ClFN3O2S. The molecule has 1 saturated heterocycles. The molecule has 0 aromatic heterocycles. The first-order valence-corrected chi connectivity index (χ1v) is 8.57. The number of likely N-dealkylation sites (tertiary alicyclic amines) is 1. The summed E-state index contributed by atoms with van der Waals surface area (Å²) in [7, 11) is -2.29. The van der Waals surface area contributed by atoms with Crippen molar-refractivity contribution >= 4 is 27.3 Å². The molecule has 0 unspecified atom stereocenters. The van der Waals surface area contributed by atoms with Crippen LogP contribution in [0, 0.1) is 5.82 Å². The van der Waals surface area contributed by atoms with Crippen LogP contribution in [-0.2, 0) is 10.0 Å². The lowest BCUT2D eigenvalue weighted by Crippen LogP contribution is -2.35. The molecule has 1 aromatic carbocycles. The third-order valence-electron chi connectivity index (χ3n) is 3.67. The van der Waals surface area contributed by atoms with Crippen LogP contribution in [0.3, 0.4) is 0 Å². The van der Waals surface area contributed by atoms with E-state index in [4.69, 9.17) is 17.3 Å². The summed E-state index contributed by atoms with van der Waals surface area (Å²) in [4.78, 5) is 2.05. The van der Waals surface area contributed by atoms with Gasteiger partial charge in [0.1, 0.15) is 10.7 Å². The number of hydrogen-bond donors (Lipinski definition) is 1. The molecule has 0 aliphatic carbocycles. The van der Waals surface area contributed by atoms with Crippen LogP contribution in [0.1, 0.15) is 12.8 Å². The van der Waals surface area contributed by atoms with Crippen molar-refractivity contribution in [2.75, 3.05) is 39.0 Å². The summed E-state index contributed by atoms with van der Waals surface area (Å²) in [5, 5.41) is -0.158. The molecule has 0 bridgehead atoms. The highest BCUT2D eigenvalue weighted by Crippen LogP contribution is 2.28. The van der Waals surface area contributed by atoms with Gasteiger partial charge in [0.2, 0.25) is 10.0 Å². The van der Waals surface area contributed by atoms with Gasteiger partial charge < -0.3 is 10.6 Å². The molecule has 21 heavy (non-hydrogen) atoms. The minimum Gasteiger partial charge on any atom is -0.396 e. The molecule has 0 saturated carbocycles. The first kappa shape index (κ1) is 16.5. The van der Waals surface area contributed by atoms with Crippen LogP contribution in [-0.4, -0.2) is 50.8 Å². The Morgan fingerprint density at radius 3 is 2.62 bits per heavy atom. The minimum atomic E-state index is -3.77. The predicted molar refractivity (Wildman–Crippen MR) is 81.3 cm³/mol. The zero-order chi connectivity index (χ0) is 15.6. The fourth-order valence-electron chi connectivity index (χ4n) is 2.32. The molecule has 1 heterocycles. The van der Waals surface area contributed by atoms with Gasteiger partial charge in [-0.25, -0.2) is 12.8 Å². The number of nitrogens with two attached hydrogens (primary N) is 1. The van der Waals surface area contributed by atoms with Crippen molar-refractivity contribution in [2.45, 2.75) is 17.7 Å². The van der Waals surface area contributed by atoms with Crippen LogP contribution >= 0.6 is 11.6 Å². The topological polar surface area (TPSA) is 66.6 Å². The first-order chi connectivity index (χ1) is 9.82. The van der Waals surface area contributed by atoms with Gasteiger partial charge in [0.05, 0.1) is 10.7 Å². The molecule has 1 aromatic rings. The Bertz CT molecular complexity index is 618. The van der Waals surface area contributed by atoms with Crippen molar-refractivity contribution < 1.29 is 12.8 Å². The fourth-order valence-corrected chi connectivity index (χ4v) is 4.00. The molecule has 5 nitrogen and oxygen atoms in total. The zero-order valence-electron chi connectivity index (χ0n) is 11.8. The largest absolute Gasteiger partial charge is 0.396 e.